The summed E-state index contributed by atoms with van der Waals surface area (Å²) in [5.74, 6) is -1.77. The van der Waals surface area contributed by atoms with Crippen molar-refractivity contribution in [1.82, 2.24) is 4.90 Å². The second kappa shape index (κ2) is 12.4. The lowest BCUT2D eigenvalue weighted by Crippen LogP contribution is -2.59. The molecule has 3 saturated heterocycles. The highest BCUT2D eigenvalue weighted by Gasteiger charge is 2.77. The van der Waals surface area contributed by atoms with Crippen molar-refractivity contribution in [3.63, 3.8) is 0 Å². The molecular weight excluding hydrogens is 552 g/mol. The number of hydrogen-bond acceptors (Lipinski definition) is 7. The van der Waals surface area contributed by atoms with Gasteiger partial charge in [0.2, 0.25) is 5.91 Å². The number of amides is 2. The number of methoxy groups -OCH3 is 1. The van der Waals surface area contributed by atoms with Gasteiger partial charge in [0.25, 0.3) is 5.91 Å². The number of rotatable bonds is 12. The van der Waals surface area contributed by atoms with Crippen LogP contribution in [0.2, 0.25) is 0 Å². The maximum Gasteiger partial charge on any atom is 0.311 e. The minimum Gasteiger partial charge on any atom is -0.497 e. The molecule has 0 radical (unpaired) electrons. The van der Waals surface area contributed by atoms with E-state index in [4.69, 9.17) is 9.47 Å². The zero-order valence-electron chi connectivity index (χ0n) is 24.1. The molecular formula is C33H38N2O6S. The summed E-state index contributed by atoms with van der Waals surface area (Å²) < 4.78 is 9.96. The van der Waals surface area contributed by atoms with Crippen molar-refractivity contribution in [3.05, 3.63) is 85.5 Å². The summed E-state index contributed by atoms with van der Waals surface area (Å²) in [4.78, 5) is 46.1. The molecule has 42 heavy (non-hydrogen) atoms. The molecule has 2 bridgehead atoms. The molecule has 8 nitrogen and oxygen atoms in total. The molecule has 3 aliphatic heterocycles. The fourth-order valence-corrected chi connectivity index (χ4v) is 9.53. The van der Waals surface area contributed by atoms with Crippen LogP contribution in [0.15, 0.2) is 79.9 Å². The number of thioether (sulfide) groups is 1. The molecule has 222 valence electrons. The lowest BCUT2D eigenvalue weighted by Gasteiger charge is -2.42. The number of hydrogen-bond donors (Lipinski definition) is 1. The van der Waals surface area contributed by atoms with Crippen molar-refractivity contribution in [2.24, 2.45) is 17.8 Å². The predicted octanol–water partition coefficient (Wildman–Crippen LogP) is 3.88. The highest BCUT2D eigenvalue weighted by molar-refractivity contribution is 8.02. The van der Waals surface area contributed by atoms with E-state index in [1.807, 2.05) is 42.5 Å². The van der Waals surface area contributed by atoms with E-state index in [1.165, 1.54) is 6.08 Å². The lowest BCUT2D eigenvalue weighted by atomic mass is 9.66. The number of nitrogens with zero attached hydrogens (tertiary/aromatic N) is 2. The van der Waals surface area contributed by atoms with Crippen molar-refractivity contribution in [2.75, 3.05) is 31.8 Å². The van der Waals surface area contributed by atoms with Crippen LogP contribution in [0, 0.1) is 17.8 Å². The summed E-state index contributed by atoms with van der Waals surface area (Å²) >= 11 is 1.58. The zero-order chi connectivity index (χ0) is 30.0. The van der Waals surface area contributed by atoms with Crippen LogP contribution in [0.25, 0.3) is 0 Å². The fraction of sp³-hybridized carbons (Fsp3) is 0.424. The number of anilines is 1. The van der Waals surface area contributed by atoms with Gasteiger partial charge in [-0.1, -0.05) is 56.0 Å². The molecule has 1 spiro atoms. The van der Waals surface area contributed by atoms with Crippen LogP contribution in [-0.2, 0) is 25.5 Å². The summed E-state index contributed by atoms with van der Waals surface area (Å²) in [6.07, 6.45) is 4.22. The van der Waals surface area contributed by atoms with E-state index in [1.54, 1.807) is 46.9 Å². The Labute approximate surface area is 251 Å². The molecule has 0 saturated carbocycles. The molecule has 1 N–H and O–H groups in total. The van der Waals surface area contributed by atoms with E-state index in [2.05, 4.69) is 20.1 Å². The second-order valence-electron chi connectivity index (χ2n) is 11.2. The molecule has 9 heteroatoms. The Morgan fingerprint density at radius 3 is 2.50 bits per heavy atom. The van der Waals surface area contributed by atoms with Crippen LogP contribution in [0.4, 0.5) is 5.69 Å². The minimum absolute atomic E-state index is 0.0265. The van der Waals surface area contributed by atoms with Crippen LogP contribution in [0.5, 0.6) is 5.75 Å². The third-order valence-corrected chi connectivity index (χ3v) is 11.0. The van der Waals surface area contributed by atoms with Gasteiger partial charge in [-0.3, -0.25) is 14.4 Å². The first-order valence-electron chi connectivity index (χ1n) is 14.3. The number of carbonyl (C=O) groups excluding carboxylic acids is 3. The van der Waals surface area contributed by atoms with E-state index in [0.29, 0.717) is 24.3 Å². The SMILES string of the molecule is C=CCOC(=O)[C@@H]1[C@@H]2CC(C)C3(S2)C(C(=O)N(CC=C)c2ccc(OC)cc2)N([C@@H](CO)Cc2ccccc2)C(=O)[C@H]13. The summed E-state index contributed by atoms with van der Waals surface area (Å²) in [6, 6.07) is 15.2. The van der Waals surface area contributed by atoms with Crippen LogP contribution < -0.4 is 9.64 Å². The zero-order valence-corrected chi connectivity index (χ0v) is 24.9. The third kappa shape index (κ3) is 4.92. The van der Waals surface area contributed by atoms with Crippen molar-refractivity contribution in [2.45, 2.75) is 41.8 Å². The molecule has 7 atom stereocenters. The van der Waals surface area contributed by atoms with E-state index < -0.39 is 34.6 Å². The number of carbonyl (C=O) groups is 3. The van der Waals surface area contributed by atoms with Gasteiger partial charge in [-0.25, -0.2) is 0 Å². The standard InChI is InChI=1S/C33H38N2O6S/c1-5-16-34(23-12-14-25(40-4)15-13-23)31(38)29-33-21(3)18-26(42-33)27(32(39)41-17-6-2)28(33)30(37)35(29)24(20-36)19-22-10-8-7-9-11-22/h5-15,21,24,26-29,36H,1-2,16-20H2,3-4H3/t21?,24-,26+,27-,28+,29?,33?/m1/s1. The van der Waals surface area contributed by atoms with Gasteiger partial charge in [-0.2, -0.15) is 0 Å². The topological polar surface area (TPSA) is 96.4 Å². The highest BCUT2D eigenvalue weighted by Crippen LogP contribution is 2.69. The predicted molar refractivity (Wildman–Crippen MR) is 163 cm³/mol. The maximum atomic E-state index is 14.9. The molecule has 5 rings (SSSR count). The average Bonchev–Trinajstić information content (AvgIpc) is 3.61. The second-order valence-corrected chi connectivity index (χ2v) is 12.7. The smallest absolute Gasteiger partial charge is 0.311 e. The monoisotopic (exact) mass is 590 g/mol. The van der Waals surface area contributed by atoms with E-state index >= 15 is 0 Å². The quantitative estimate of drug-likeness (QED) is 0.296. The average molecular weight is 591 g/mol. The molecule has 3 fully saturated rings. The van der Waals surface area contributed by atoms with Gasteiger partial charge in [-0.05, 0) is 48.6 Å². The van der Waals surface area contributed by atoms with Gasteiger partial charge in [0, 0.05) is 17.5 Å². The molecule has 2 aromatic carbocycles. The molecule has 0 aromatic heterocycles. The van der Waals surface area contributed by atoms with Gasteiger partial charge in [0.05, 0.1) is 36.3 Å². The molecule has 3 aliphatic rings. The van der Waals surface area contributed by atoms with Gasteiger partial charge >= 0.3 is 5.97 Å². The number of aliphatic hydroxyl groups is 1. The number of esters is 1. The Morgan fingerprint density at radius 2 is 1.88 bits per heavy atom. The molecule has 3 heterocycles. The van der Waals surface area contributed by atoms with Gasteiger partial charge < -0.3 is 24.4 Å². The van der Waals surface area contributed by atoms with E-state index in [9.17, 15) is 19.5 Å². The van der Waals surface area contributed by atoms with E-state index in [0.717, 1.165) is 5.56 Å². The molecule has 2 aromatic rings. The number of ether oxygens (including phenoxy) is 2. The highest BCUT2D eigenvalue weighted by atomic mass is 32.2. The first-order chi connectivity index (χ1) is 20.3. The number of fused-ring (bicyclic) bond motifs is 1. The van der Waals surface area contributed by atoms with Crippen LogP contribution in [0.3, 0.4) is 0 Å². The Hall–Kier alpha value is -3.56. The number of benzene rings is 2. The molecule has 0 aliphatic carbocycles. The van der Waals surface area contributed by atoms with Crippen molar-refractivity contribution >= 4 is 35.2 Å². The van der Waals surface area contributed by atoms with Crippen molar-refractivity contribution < 1.29 is 29.0 Å². The number of likely N-dealkylation sites (tertiary alicyclic amines) is 1. The molecule has 3 unspecified atom stereocenters. The van der Waals surface area contributed by atoms with Crippen molar-refractivity contribution in [3.8, 4) is 5.75 Å². The van der Waals surface area contributed by atoms with Gasteiger partial charge in [-0.15, -0.1) is 18.3 Å². The third-order valence-electron chi connectivity index (χ3n) is 8.91. The lowest BCUT2D eigenvalue weighted by molar-refractivity contribution is -0.154. The van der Waals surface area contributed by atoms with Crippen LogP contribution in [-0.4, -0.2) is 76.7 Å². The first kappa shape index (κ1) is 29.9. The van der Waals surface area contributed by atoms with Gasteiger partial charge in [0.1, 0.15) is 18.4 Å². The van der Waals surface area contributed by atoms with Crippen LogP contribution in [0.1, 0.15) is 18.9 Å². The summed E-state index contributed by atoms with van der Waals surface area (Å²) in [5.41, 5.74) is 1.58. The van der Waals surface area contributed by atoms with E-state index in [-0.39, 0.29) is 42.7 Å². The summed E-state index contributed by atoms with van der Waals surface area (Å²) in [6.45, 7) is 9.55. The van der Waals surface area contributed by atoms with Gasteiger partial charge in [0.15, 0.2) is 0 Å². The maximum absolute atomic E-state index is 14.9. The van der Waals surface area contributed by atoms with Crippen molar-refractivity contribution in [1.29, 1.82) is 0 Å². The Bertz CT molecular complexity index is 1330. The summed E-state index contributed by atoms with van der Waals surface area (Å²) in [7, 11) is 1.58. The normalized spacial score (nSPS) is 28.2. The Kier molecular flexibility index (Phi) is 8.80. The Morgan fingerprint density at radius 1 is 1.17 bits per heavy atom. The number of aliphatic hydroxyl groups excluding tert-OH is 1. The minimum atomic E-state index is -0.903. The Balaban J connectivity index is 1.62. The first-order valence-corrected chi connectivity index (χ1v) is 15.2. The fourth-order valence-electron chi connectivity index (χ4n) is 7.14. The molecule has 2 amide bonds. The summed E-state index contributed by atoms with van der Waals surface area (Å²) in [5, 5.41) is 10.6. The van der Waals surface area contributed by atoms with Crippen LogP contribution >= 0.6 is 11.8 Å². The largest absolute Gasteiger partial charge is 0.497 e.